The summed E-state index contributed by atoms with van der Waals surface area (Å²) in [5.41, 5.74) is 6.70. The Kier molecular flexibility index (Phi) is 5.85. The van der Waals surface area contributed by atoms with Crippen LogP contribution >= 0.6 is 0 Å². The van der Waals surface area contributed by atoms with Gasteiger partial charge < -0.3 is 4.90 Å². The molecule has 3 heteroatoms. The van der Waals surface area contributed by atoms with E-state index in [-0.39, 0.29) is 5.91 Å². The second kappa shape index (κ2) is 8.73. The van der Waals surface area contributed by atoms with E-state index in [9.17, 15) is 4.79 Å². The maximum absolute atomic E-state index is 12.4. The van der Waals surface area contributed by atoms with Crippen molar-refractivity contribution in [1.82, 2.24) is 0 Å². The first kappa shape index (κ1) is 20.8. The topological polar surface area (TPSA) is 24.2 Å². The third-order valence-electron chi connectivity index (χ3n) is 5.99. The molecule has 0 spiro atoms. The van der Waals surface area contributed by atoms with Gasteiger partial charge in [0.25, 0.3) is 0 Å². The lowest BCUT2D eigenvalue weighted by atomic mass is 9.89. The summed E-state index contributed by atoms with van der Waals surface area (Å²) in [5.74, 6) is 0.0198. The van der Waals surface area contributed by atoms with Crippen molar-refractivity contribution in [2.45, 2.75) is 27.7 Å². The van der Waals surface area contributed by atoms with Crippen molar-refractivity contribution in [3.63, 3.8) is 0 Å². The molecule has 0 saturated carbocycles. The molecule has 3 aromatic carbocycles. The van der Waals surface area contributed by atoms with Crippen molar-refractivity contribution in [3.05, 3.63) is 84.7 Å². The van der Waals surface area contributed by atoms with Gasteiger partial charge in [-0.25, -0.2) is 4.79 Å². The zero-order chi connectivity index (χ0) is 22.0. The van der Waals surface area contributed by atoms with Crippen LogP contribution in [-0.2, 0) is 0 Å². The molecule has 0 aliphatic heterocycles. The SMILES string of the molecule is CCN(CC)c1cc(C)[n+](C(C)=O)cc1-c1c(-c2ccccc2)ccc2ccccc12. The van der Waals surface area contributed by atoms with Crippen molar-refractivity contribution >= 4 is 22.4 Å². The van der Waals surface area contributed by atoms with Crippen molar-refractivity contribution in [3.8, 4) is 22.3 Å². The molecule has 0 aliphatic rings. The van der Waals surface area contributed by atoms with Crippen LogP contribution in [0.2, 0.25) is 0 Å². The predicted octanol–water partition coefficient (Wildman–Crippen LogP) is 6.28. The molecule has 0 radical (unpaired) electrons. The highest BCUT2D eigenvalue weighted by atomic mass is 16.1. The van der Waals surface area contributed by atoms with E-state index in [1.807, 2.05) is 19.2 Å². The van der Waals surface area contributed by atoms with Crippen molar-refractivity contribution in [1.29, 1.82) is 0 Å². The Labute approximate surface area is 184 Å². The molecule has 0 aliphatic carbocycles. The lowest BCUT2D eigenvalue weighted by molar-refractivity contribution is -0.579. The van der Waals surface area contributed by atoms with E-state index in [0.717, 1.165) is 30.0 Å². The van der Waals surface area contributed by atoms with Crippen LogP contribution in [0.5, 0.6) is 0 Å². The van der Waals surface area contributed by atoms with Gasteiger partial charge >= 0.3 is 5.91 Å². The molecule has 0 amide bonds. The first-order valence-corrected chi connectivity index (χ1v) is 10.9. The minimum absolute atomic E-state index is 0.0198. The number of nitrogens with zero attached hydrogens (tertiary/aromatic N) is 2. The van der Waals surface area contributed by atoms with E-state index >= 15 is 0 Å². The fourth-order valence-corrected chi connectivity index (χ4v) is 4.42. The van der Waals surface area contributed by atoms with Gasteiger partial charge in [0.05, 0.1) is 18.2 Å². The van der Waals surface area contributed by atoms with Gasteiger partial charge in [-0.15, -0.1) is 4.57 Å². The zero-order valence-corrected chi connectivity index (χ0v) is 18.7. The van der Waals surface area contributed by atoms with Gasteiger partial charge in [0, 0.05) is 31.6 Å². The van der Waals surface area contributed by atoms with Gasteiger partial charge in [-0.2, -0.15) is 0 Å². The highest BCUT2D eigenvalue weighted by Crippen LogP contribution is 2.42. The highest BCUT2D eigenvalue weighted by molar-refractivity contribution is 6.06. The van der Waals surface area contributed by atoms with E-state index in [1.165, 1.54) is 27.5 Å². The van der Waals surface area contributed by atoms with E-state index in [0.29, 0.717) is 0 Å². The Morgan fingerprint density at radius 3 is 2.23 bits per heavy atom. The summed E-state index contributed by atoms with van der Waals surface area (Å²) in [6.45, 7) is 9.77. The Bertz CT molecular complexity index is 1240. The Hall–Kier alpha value is -3.46. The molecule has 156 valence electrons. The van der Waals surface area contributed by atoms with E-state index < -0.39 is 0 Å². The number of rotatable bonds is 5. The molecule has 4 rings (SSSR count). The molecule has 3 nitrogen and oxygen atoms in total. The van der Waals surface area contributed by atoms with E-state index in [4.69, 9.17) is 0 Å². The van der Waals surface area contributed by atoms with Gasteiger partial charge in [0.15, 0.2) is 11.9 Å². The van der Waals surface area contributed by atoms with E-state index in [2.05, 4.69) is 85.5 Å². The minimum atomic E-state index is 0.0198. The van der Waals surface area contributed by atoms with Crippen molar-refractivity contribution in [2.75, 3.05) is 18.0 Å². The summed E-state index contributed by atoms with van der Waals surface area (Å²) in [7, 11) is 0. The fraction of sp³-hybridized carbons (Fsp3) is 0.214. The Morgan fingerprint density at radius 2 is 1.55 bits per heavy atom. The number of aromatic nitrogens is 1. The number of fused-ring (bicyclic) bond motifs is 1. The number of carbonyl (C=O) groups excluding carboxylic acids is 1. The average molecular weight is 410 g/mol. The summed E-state index contributed by atoms with van der Waals surface area (Å²) >= 11 is 0. The standard InChI is InChI=1S/C28H29N2O/c1-5-29(6-2)27-18-20(3)30(21(4)31)19-26(27)28-24-15-11-10-14-23(24)16-17-25(28)22-12-8-7-9-13-22/h7-19H,5-6H2,1-4H3/q+1. The smallest absolute Gasteiger partial charge is 0.371 e. The Balaban J connectivity index is 2.15. The predicted molar refractivity (Wildman–Crippen MR) is 130 cm³/mol. The van der Waals surface area contributed by atoms with E-state index in [1.54, 1.807) is 11.5 Å². The summed E-state index contributed by atoms with van der Waals surface area (Å²) in [4.78, 5) is 14.8. The fourth-order valence-electron chi connectivity index (χ4n) is 4.42. The van der Waals surface area contributed by atoms with Crippen LogP contribution in [-0.4, -0.2) is 19.0 Å². The second-order valence-corrected chi connectivity index (χ2v) is 7.85. The summed E-state index contributed by atoms with van der Waals surface area (Å²) in [5, 5.41) is 2.38. The summed E-state index contributed by atoms with van der Waals surface area (Å²) in [6.07, 6.45) is 2.03. The maximum atomic E-state index is 12.4. The molecule has 1 heterocycles. The van der Waals surface area contributed by atoms with Gasteiger partial charge in [-0.3, -0.25) is 0 Å². The number of hydrogen-bond acceptors (Lipinski definition) is 2. The van der Waals surface area contributed by atoms with Gasteiger partial charge in [0.2, 0.25) is 0 Å². The lowest BCUT2D eigenvalue weighted by Crippen LogP contribution is -2.43. The molecule has 0 atom stereocenters. The third kappa shape index (κ3) is 3.84. The quantitative estimate of drug-likeness (QED) is 0.363. The molecule has 0 fully saturated rings. The van der Waals surface area contributed by atoms with Gasteiger partial charge in [-0.1, -0.05) is 66.7 Å². The number of benzene rings is 3. The molecule has 31 heavy (non-hydrogen) atoms. The zero-order valence-electron chi connectivity index (χ0n) is 18.7. The number of pyridine rings is 1. The number of carbonyl (C=O) groups is 1. The number of anilines is 1. The van der Waals surface area contributed by atoms with Crippen molar-refractivity contribution in [2.24, 2.45) is 0 Å². The summed E-state index contributed by atoms with van der Waals surface area (Å²) in [6, 6.07) is 25.5. The monoisotopic (exact) mass is 409 g/mol. The van der Waals surface area contributed by atoms with Gasteiger partial charge in [-0.05, 0) is 35.7 Å². The normalized spacial score (nSPS) is 11.0. The third-order valence-corrected chi connectivity index (χ3v) is 5.99. The lowest BCUT2D eigenvalue weighted by Gasteiger charge is -2.25. The average Bonchev–Trinajstić information content (AvgIpc) is 2.80. The molecular weight excluding hydrogens is 380 g/mol. The molecule has 0 unspecified atom stereocenters. The molecule has 4 aromatic rings. The number of aryl methyl sites for hydroxylation is 1. The van der Waals surface area contributed by atoms with Crippen LogP contribution in [0.1, 0.15) is 31.3 Å². The maximum Gasteiger partial charge on any atom is 0.389 e. The number of hydrogen-bond donors (Lipinski definition) is 0. The van der Waals surface area contributed by atoms with Crippen LogP contribution in [0.15, 0.2) is 79.0 Å². The Morgan fingerprint density at radius 1 is 0.871 bits per heavy atom. The highest BCUT2D eigenvalue weighted by Gasteiger charge is 2.24. The van der Waals surface area contributed by atoms with Crippen LogP contribution in [0.25, 0.3) is 33.0 Å². The minimum Gasteiger partial charge on any atom is -0.371 e. The molecule has 0 saturated heterocycles. The van der Waals surface area contributed by atoms with Crippen LogP contribution in [0.3, 0.4) is 0 Å². The van der Waals surface area contributed by atoms with Crippen LogP contribution < -0.4 is 9.47 Å². The second-order valence-electron chi connectivity index (χ2n) is 7.85. The van der Waals surface area contributed by atoms with Crippen LogP contribution in [0.4, 0.5) is 5.69 Å². The van der Waals surface area contributed by atoms with Gasteiger partial charge in [0.1, 0.15) is 0 Å². The van der Waals surface area contributed by atoms with Crippen LogP contribution in [0, 0.1) is 6.92 Å². The largest absolute Gasteiger partial charge is 0.389 e. The summed E-state index contributed by atoms with van der Waals surface area (Å²) < 4.78 is 1.76. The van der Waals surface area contributed by atoms with Crippen molar-refractivity contribution < 1.29 is 9.36 Å². The first-order valence-electron chi connectivity index (χ1n) is 10.9. The molecule has 0 N–H and O–H groups in total. The molecule has 0 bridgehead atoms. The first-order chi connectivity index (χ1) is 15.0. The molecule has 1 aromatic heterocycles. The molecular formula is C28H29N2O+.